The number of carbonyl (C=O) groups is 1. The van der Waals surface area contributed by atoms with Crippen LogP contribution in [0.4, 0.5) is 15.0 Å². The molecule has 1 aromatic heterocycles. The molecule has 202 valence electrons. The topological polar surface area (TPSA) is 55.0 Å². The standard InChI is InChI=1S/C27H37Cl2FN6O/c1-4-22-18-35(26-24(29)13-19(15-31-26)16-32-27(37)33(2)3)11-12-36(22)23-7-9-34(10-8-23)17-20-5-6-21(28)14-25(20)30/h5-6,13-15,22-23H,4,7-12,16-18H2,1-3H3,(H,32,37)/t22-/m0/s1. The number of halogens is 3. The molecule has 2 saturated heterocycles. The Morgan fingerprint density at radius 1 is 1.16 bits per heavy atom. The molecule has 7 nitrogen and oxygen atoms in total. The van der Waals surface area contributed by atoms with Crippen LogP contribution in [-0.4, -0.2) is 84.6 Å². The Morgan fingerprint density at radius 3 is 2.57 bits per heavy atom. The van der Waals surface area contributed by atoms with Crippen molar-refractivity contribution < 1.29 is 9.18 Å². The molecule has 10 heteroatoms. The van der Waals surface area contributed by atoms with Gasteiger partial charge in [0, 0.05) is 75.7 Å². The van der Waals surface area contributed by atoms with E-state index < -0.39 is 0 Å². The number of aromatic nitrogens is 1. The van der Waals surface area contributed by atoms with Crippen LogP contribution >= 0.6 is 23.2 Å². The predicted molar refractivity (Wildman–Crippen MR) is 148 cm³/mol. The highest BCUT2D eigenvalue weighted by Crippen LogP contribution is 2.30. The highest BCUT2D eigenvalue weighted by molar-refractivity contribution is 6.33. The average molecular weight is 552 g/mol. The normalized spacial score (nSPS) is 19.7. The summed E-state index contributed by atoms with van der Waals surface area (Å²) in [7, 11) is 3.42. The Balaban J connectivity index is 1.31. The van der Waals surface area contributed by atoms with Gasteiger partial charge in [0.25, 0.3) is 0 Å². The van der Waals surface area contributed by atoms with Crippen LogP contribution in [0.2, 0.25) is 10.0 Å². The van der Waals surface area contributed by atoms with Crippen molar-refractivity contribution in [1.29, 1.82) is 0 Å². The fourth-order valence-electron chi connectivity index (χ4n) is 5.34. The van der Waals surface area contributed by atoms with Gasteiger partial charge in [-0.15, -0.1) is 0 Å². The van der Waals surface area contributed by atoms with Crippen LogP contribution in [0.25, 0.3) is 0 Å². The van der Waals surface area contributed by atoms with E-state index in [1.165, 1.54) is 11.0 Å². The molecule has 2 aromatic rings. The number of piperazine rings is 1. The summed E-state index contributed by atoms with van der Waals surface area (Å²) in [5.41, 5.74) is 1.58. The lowest BCUT2D eigenvalue weighted by atomic mass is 9.97. The molecule has 1 N–H and O–H groups in total. The number of anilines is 1. The van der Waals surface area contributed by atoms with E-state index in [-0.39, 0.29) is 11.8 Å². The van der Waals surface area contributed by atoms with E-state index in [0.717, 1.165) is 63.4 Å². The highest BCUT2D eigenvalue weighted by atomic mass is 35.5. The van der Waals surface area contributed by atoms with Crippen LogP contribution in [-0.2, 0) is 13.1 Å². The first-order valence-electron chi connectivity index (χ1n) is 13.0. The highest BCUT2D eigenvalue weighted by Gasteiger charge is 2.34. The van der Waals surface area contributed by atoms with Crippen molar-refractivity contribution >= 4 is 35.1 Å². The van der Waals surface area contributed by atoms with Crippen LogP contribution in [0.15, 0.2) is 30.5 Å². The fourth-order valence-corrected chi connectivity index (χ4v) is 5.81. The van der Waals surface area contributed by atoms with Crippen LogP contribution in [0.3, 0.4) is 0 Å². The van der Waals surface area contributed by atoms with E-state index >= 15 is 0 Å². The number of urea groups is 1. The van der Waals surface area contributed by atoms with Crippen molar-refractivity contribution in [3.8, 4) is 0 Å². The van der Waals surface area contributed by atoms with Gasteiger partial charge in [0.15, 0.2) is 0 Å². The van der Waals surface area contributed by atoms with Crippen LogP contribution in [0.5, 0.6) is 0 Å². The minimum absolute atomic E-state index is 0.148. The molecule has 0 saturated carbocycles. The van der Waals surface area contributed by atoms with Crippen molar-refractivity contribution in [1.82, 2.24) is 25.0 Å². The molecule has 1 aromatic carbocycles. The van der Waals surface area contributed by atoms with Gasteiger partial charge >= 0.3 is 6.03 Å². The van der Waals surface area contributed by atoms with Gasteiger partial charge in [-0.2, -0.15) is 0 Å². The lowest BCUT2D eigenvalue weighted by Gasteiger charge is -2.47. The summed E-state index contributed by atoms with van der Waals surface area (Å²) in [4.78, 5) is 25.2. The summed E-state index contributed by atoms with van der Waals surface area (Å²) in [6.45, 7) is 7.90. The van der Waals surface area contributed by atoms with Crippen molar-refractivity contribution in [2.24, 2.45) is 0 Å². The third kappa shape index (κ3) is 7.05. The average Bonchev–Trinajstić information content (AvgIpc) is 2.89. The second kappa shape index (κ2) is 12.6. The number of carbonyl (C=O) groups excluding carboxylic acids is 1. The predicted octanol–water partition coefficient (Wildman–Crippen LogP) is 4.86. The van der Waals surface area contributed by atoms with Gasteiger partial charge in [0.2, 0.25) is 0 Å². The summed E-state index contributed by atoms with van der Waals surface area (Å²) in [5.74, 6) is 0.581. The van der Waals surface area contributed by atoms with E-state index in [9.17, 15) is 9.18 Å². The molecule has 37 heavy (non-hydrogen) atoms. The Kier molecular flexibility index (Phi) is 9.51. The van der Waals surface area contributed by atoms with Gasteiger partial charge in [-0.3, -0.25) is 9.80 Å². The number of pyridine rings is 1. The SMILES string of the molecule is CC[C@H]1CN(c2ncc(CNC(=O)N(C)C)cc2Cl)CCN1C1CCN(Cc2ccc(Cl)cc2F)CC1. The molecule has 0 bridgehead atoms. The van der Waals surface area contributed by atoms with Gasteiger partial charge in [-0.05, 0) is 56.1 Å². The maximum Gasteiger partial charge on any atom is 0.317 e. The van der Waals surface area contributed by atoms with Crippen molar-refractivity contribution in [3.63, 3.8) is 0 Å². The largest absolute Gasteiger partial charge is 0.353 e. The number of rotatable bonds is 7. The number of benzene rings is 1. The van der Waals surface area contributed by atoms with Crippen molar-refractivity contribution in [2.75, 3.05) is 51.7 Å². The second-order valence-electron chi connectivity index (χ2n) is 10.2. The van der Waals surface area contributed by atoms with Gasteiger partial charge in [0.05, 0.1) is 5.02 Å². The zero-order chi connectivity index (χ0) is 26.5. The molecule has 0 unspecified atom stereocenters. The third-order valence-corrected chi connectivity index (χ3v) is 7.98. The van der Waals surface area contributed by atoms with Gasteiger partial charge in [-0.25, -0.2) is 14.2 Å². The third-order valence-electron chi connectivity index (χ3n) is 7.46. The summed E-state index contributed by atoms with van der Waals surface area (Å²) in [5, 5.41) is 3.89. The van der Waals surface area contributed by atoms with Gasteiger partial charge in [-0.1, -0.05) is 36.2 Å². The molecule has 0 radical (unpaired) electrons. The molecule has 2 fully saturated rings. The summed E-state index contributed by atoms with van der Waals surface area (Å²) in [6, 6.07) is 7.65. The molecule has 2 amide bonds. The molecule has 2 aliphatic rings. The van der Waals surface area contributed by atoms with Crippen LogP contribution in [0.1, 0.15) is 37.3 Å². The van der Waals surface area contributed by atoms with Crippen molar-refractivity contribution in [2.45, 2.75) is 51.4 Å². The number of hydrogen-bond acceptors (Lipinski definition) is 5. The maximum atomic E-state index is 14.2. The molecule has 2 aliphatic heterocycles. The first-order valence-corrected chi connectivity index (χ1v) is 13.8. The van der Waals surface area contributed by atoms with Gasteiger partial charge < -0.3 is 15.1 Å². The molecule has 3 heterocycles. The molecule has 1 atom stereocenters. The monoisotopic (exact) mass is 550 g/mol. The lowest BCUT2D eigenvalue weighted by Crippen LogP contribution is -2.58. The van der Waals surface area contributed by atoms with E-state index in [2.05, 4.69) is 31.9 Å². The van der Waals surface area contributed by atoms with E-state index in [4.69, 9.17) is 23.2 Å². The maximum absolute atomic E-state index is 14.2. The van der Waals surface area contributed by atoms with Crippen LogP contribution < -0.4 is 10.2 Å². The minimum Gasteiger partial charge on any atom is -0.353 e. The van der Waals surface area contributed by atoms with Gasteiger partial charge in [0.1, 0.15) is 11.6 Å². The Bertz CT molecular complexity index is 1080. The molecule has 0 aliphatic carbocycles. The zero-order valence-electron chi connectivity index (χ0n) is 21.9. The van der Waals surface area contributed by atoms with E-state index in [0.29, 0.717) is 40.8 Å². The molecular formula is C27H37Cl2FN6O. The Labute approximate surface area is 229 Å². The summed E-state index contributed by atoms with van der Waals surface area (Å²) >= 11 is 12.5. The number of piperidine rings is 1. The Hall–Kier alpha value is -2.13. The van der Waals surface area contributed by atoms with E-state index in [1.54, 1.807) is 32.4 Å². The lowest BCUT2D eigenvalue weighted by molar-refractivity contribution is 0.0607. The summed E-state index contributed by atoms with van der Waals surface area (Å²) < 4.78 is 14.2. The molecule has 4 rings (SSSR count). The minimum atomic E-state index is -0.226. The first kappa shape index (κ1) is 27.9. The number of likely N-dealkylation sites (tertiary alicyclic amines) is 1. The quantitative estimate of drug-likeness (QED) is 0.533. The Morgan fingerprint density at radius 2 is 1.92 bits per heavy atom. The number of nitrogens with one attached hydrogen (secondary N) is 1. The smallest absolute Gasteiger partial charge is 0.317 e. The fraction of sp³-hybridized carbons (Fsp3) is 0.556. The first-order chi connectivity index (χ1) is 17.7. The number of nitrogens with zero attached hydrogens (tertiary/aromatic N) is 5. The van der Waals surface area contributed by atoms with Crippen molar-refractivity contribution in [3.05, 3.63) is 57.5 Å². The second-order valence-corrected chi connectivity index (χ2v) is 11.0. The molecule has 0 spiro atoms. The number of hydrogen-bond donors (Lipinski definition) is 1. The summed E-state index contributed by atoms with van der Waals surface area (Å²) in [6.07, 6.45) is 5.01. The zero-order valence-corrected chi connectivity index (χ0v) is 23.4. The molecular weight excluding hydrogens is 514 g/mol. The van der Waals surface area contributed by atoms with E-state index in [1.807, 2.05) is 6.07 Å². The van der Waals surface area contributed by atoms with Crippen LogP contribution in [0, 0.1) is 5.82 Å². The number of amides is 2.